The largest absolute Gasteiger partial charge is 0.507 e. The topological polar surface area (TPSA) is 61.7 Å². The average Bonchev–Trinajstić information content (AvgIpc) is 2.42. The number of aromatic hydroxyl groups is 1. The Morgan fingerprint density at radius 3 is 2.65 bits per heavy atom. The van der Waals surface area contributed by atoms with Gasteiger partial charge in [-0.3, -0.25) is 4.79 Å². The van der Waals surface area contributed by atoms with Gasteiger partial charge in [0.2, 0.25) is 0 Å². The van der Waals surface area contributed by atoms with Gasteiger partial charge in [0.05, 0.1) is 6.21 Å². The quantitative estimate of drug-likeness (QED) is 0.674. The Balaban J connectivity index is 2.06. The summed E-state index contributed by atoms with van der Waals surface area (Å²) < 4.78 is 0. The van der Waals surface area contributed by atoms with Gasteiger partial charge >= 0.3 is 0 Å². The lowest BCUT2D eigenvalue weighted by atomic mass is 10.2. The van der Waals surface area contributed by atoms with Gasteiger partial charge in [0.15, 0.2) is 0 Å². The number of phenols is 1. The Bertz CT molecular complexity index is 672. The van der Waals surface area contributed by atoms with Crippen LogP contribution in [0.1, 0.15) is 15.9 Å². The van der Waals surface area contributed by atoms with Crippen LogP contribution >= 0.6 is 23.2 Å². The molecule has 0 radical (unpaired) electrons. The van der Waals surface area contributed by atoms with Gasteiger partial charge in [-0.25, -0.2) is 5.43 Å². The number of carbonyl (C=O) groups is 1. The summed E-state index contributed by atoms with van der Waals surface area (Å²) in [5.41, 5.74) is 3.14. The number of halogens is 2. The maximum absolute atomic E-state index is 11.8. The molecule has 2 aromatic rings. The number of nitrogens with zero attached hydrogens (tertiary/aromatic N) is 1. The van der Waals surface area contributed by atoms with Crippen LogP contribution in [0.4, 0.5) is 0 Å². The number of phenolic OH excluding ortho intramolecular Hbond substituents is 1. The molecule has 20 heavy (non-hydrogen) atoms. The fourth-order valence-electron chi connectivity index (χ4n) is 1.48. The first-order chi connectivity index (χ1) is 9.56. The number of hydrogen-bond acceptors (Lipinski definition) is 3. The van der Waals surface area contributed by atoms with Gasteiger partial charge < -0.3 is 5.11 Å². The number of carbonyl (C=O) groups excluding carboxylic acids is 1. The van der Waals surface area contributed by atoms with E-state index in [9.17, 15) is 9.90 Å². The van der Waals surface area contributed by atoms with Crippen molar-refractivity contribution in [2.24, 2.45) is 5.10 Å². The van der Waals surface area contributed by atoms with Gasteiger partial charge in [0.25, 0.3) is 5.91 Å². The molecule has 4 nitrogen and oxygen atoms in total. The van der Waals surface area contributed by atoms with Crippen molar-refractivity contribution >= 4 is 35.3 Å². The van der Waals surface area contributed by atoms with Crippen LogP contribution in [0.25, 0.3) is 0 Å². The third-order valence-electron chi connectivity index (χ3n) is 2.45. The number of benzene rings is 2. The summed E-state index contributed by atoms with van der Waals surface area (Å²) in [5, 5.41) is 14.3. The standard InChI is InChI=1S/C14H10Cl2N2O2/c15-11-3-1-2-9(6-11)14(20)18-17-8-10-7-12(16)4-5-13(10)19/h1-8,19H,(H,18,20). The minimum atomic E-state index is -0.398. The van der Waals surface area contributed by atoms with Crippen LogP contribution in [0.5, 0.6) is 5.75 Å². The SMILES string of the molecule is O=C(NN=Cc1cc(Cl)ccc1O)c1cccc(Cl)c1. The third kappa shape index (κ3) is 3.73. The molecule has 0 heterocycles. The Kier molecular flexibility index (Phi) is 4.61. The van der Waals surface area contributed by atoms with Crippen molar-refractivity contribution < 1.29 is 9.90 Å². The highest BCUT2D eigenvalue weighted by Crippen LogP contribution is 2.19. The first-order valence-corrected chi connectivity index (χ1v) is 6.39. The first-order valence-electron chi connectivity index (χ1n) is 5.64. The molecule has 2 aromatic carbocycles. The first kappa shape index (κ1) is 14.4. The van der Waals surface area contributed by atoms with Crippen molar-refractivity contribution in [3.05, 3.63) is 63.6 Å². The van der Waals surface area contributed by atoms with Crippen molar-refractivity contribution in [2.75, 3.05) is 0 Å². The van der Waals surface area contributed by atoms with Gasteiger partial charge in [0.1, 0.15) is 5.75 Å². The number of amides is 1. The highest BCUT2D eigenvalue weighted by atomic mass is 35.5. The lowest BCUT2D eigenvalue weighted by Crippen LogP contribution is -2.17. The van der Waals surface area contributed by atoms with E-state index in [-0.39, 0.29) is 5.75 Å². The highest BCUT2D eigenvalue weighted by molar-refractivity contribution is 6.31. The predicted molar refractivity (Wildman–Crippen MR) is 79.6 cm³/mol. The van der Waals surface area contributed by atoms with Crippen LogP contribution in [-0.2, 0) is 0 Å². The van der Waals surface area contributed by atoms with Crippen LogP contribution < -0.4 is 5.43 Å². The Labute approximate surface area is 125 Å². The van der Waals surface area contributed by atoms with Gasteiger partial charge in [-0.15, -0.1) is 0 Å². The molecular formula is C14H10Cl2N2O2. The van der Waals surface area contributed by atoms with Crippen LogP contribution in [0.15, 0.2) is 47.6 Å². The molecule has 0 aliphatic rings. The number of nitrogens with one attached hydrogen (secondary N) is 1. The summed E-state index contributed by atoms with van der Waals surface area (Å²) in [6.45, 7) is 0. The molecule has 2 rings (SSSR count). The molecule has 0 bridgehead atoms. The van der Waals surface area contributed by atoms with E-state index in [2.05, 4.69) is 10.5 Å². The maximum Gasteiger partial charge on any atom is 0.271 e. The van der Waals surface area contributed by atoms with Crippen molar-refractivity contribution in [1.82, 2.24) is 5.43 Å². The molecule has 0 saturated carbocycles. The molecule has 2 N–H and O–H groups in total. The molecule has 0 unspecified atom stereocenters. The van der Waals surface area contributed by atoms with E-state index in [1.54, 1.807) is 24.3 Å². The van der Waals surface area contributed by atoms with E-state index >= 15 is 0 Å². The van der Waals surface area contributed by atoms with E-state index in [1.807, 2.05) is 0 Å². The summed E-state index contributed by atoms with van der Waals surface area (Å²) >= 11 is 11.6. The second-order valence-corrected chi connectivity index (χ2v) is 4.79. The summed E-state index contributed by atoms with van der Waals surface area (Å²) in [7, 11) is 0. The van der Waals surface area contributed by atoms with Gasteiger partial charge in [-0.05, 0) is 36.4 Å². The number of hydrogen-bond donors (Lipinski definition) is 2. The van der Waals surface area contributed by atoms with Crippen molar-refractivity contribution in [3.63, 3.8) is 0 Å². The molecular weight excluding hydrogens is 299 g/mol. The molecule has 1 amide bonds. The molecule has 0 aliphatic carbocycles. The molecule has 0 atom stereocenters. The molecule has 6 heteroatoms. The summed E-state index contributed by atoms with van der Waals surface area (Å²) in [6.07, 6.45) is 1.31. The Hall–Kier alpha value is -2.04. The molecule has 0 fully saturated rings. The van der Waals surface area contributed by atoms with Crippen LogP contribution in [0.3, 0.4) is 0 Å². The fraction of sp³-hybridized carbons (Fsp3) is 0. The van der Waals surface area contributed by atoms with Crippen LogP contribution in [-0.4, -0.2) is 17.2 Å². The molecule has 0 saturated heterocycles. The predicted octanol–water partition coefficient (Wildman–Crippen LogP) is 3.46. The minimum absolute atomic E-state index is 0.0233. The van der Waals surface area contributed by atoms with E-state index < -0.39 is 5.91 Å². The van der Waals surface area contributed by atoms with Crippen molar-refractivity contribution in [2.45, 2.75) is 0 Å². The molecule has 0 spiro atoms. The summed E-state index contributed by atoms with van der Waals surface area (Å²) in [4.78, 5) is 11.8. The zero-order valence-electron chi connectivity index (χ0n) is 10.2. The molecule has 0 aliphatic heterocycles. The monoisotopic (exact) mass is 308 g/mol. The number of hydrazone groups is 1. The van der Waals surface area contributed by atoms with Crippen molar-refractivity contribution in [3.8, 4) is 5.75 Å². The van der Waals surface area contributed by atoms with E-state index in [4.69, 9.17) is 23.2 Å². The zero-order valence-corrected chi connectivity index (χ0v) is 11.7. The minimum Gasteiger partial charge on any atom is -0.507 e. The number of rotatable bonds is 3. The second-order valence-electron chi connectivity index (χ2n) is 3.91. The van der Waals surface area contributed by atoms with Gasteiger partial charge in [0, 0.05) is 21.2 Å². The Morgan fingerprint density at radius 1 is 1.15 bits per heavy atom. The summed E-state index contributed by atoms with van der Waals surface area (Å²) in [6, 6.07) is 11.0. The smallest absolute Gasteiger partial charge is 0.271 e. The van der Waals surface area contributed by atoms with Gasteiger partial charge in [-0.2, -0.15) is 5.10 Å². The van der Waals surface area contributed by atoms with E-state index in [0.717, 1.165) is 0 Å². The lowest BCUT2D eigenvalue weighted by Gasteiger charge is -2.01. The lowest BCUT2D eigenvalue weighted by molar-refractivity contribution is 0.0955. The van der Waals surface area contributed by atoms with Crippen LogP contribution in [0, 0.1) is 0 Å². The molecule has 102 valence electrons. The second kappa shape index (κ2) is 6.41. The Morgan fingerprint density at radius 2 is 1.90 bits per heavy atom. The van der Waals surface area contributed by atoms with Gasteiger partial charge in [-0.1, -0.05) is 29.3 Å². The zero-order chi connectivity index (χ0) is 14.5. The third-order valence-corrected chi connectivity index (χ3v) is 2.92. The van der Waals surface area contributed by atoms with Crippen molar-refractivity contribution in [1.29, 1.82) is 0 Å². The normalized spacial score (nSPS) is 10.7. The summed E-state index contributed by atoms with van der Waals surface area (Å²) in [5.74, 6) is -0.375. The van der Waals surface area contributed by atoms with E-state index in [1.165, 1.54) is 24.4 Å². The van der Waals surface area contributed by atoms with Crippen LogP contribution in [0.2, 0.25) is 10.0 Å². The maximum atomic E-state index is 11.8. The highest BCUT2D eigenvalue weighted by Gasteiger charge is 2.04. The molecule has 0 aromatic heterocycles. The average molecular weight is 309 g/mol. The van der Waals surface area contributed by atoms with E-state index in [0.29, 0.717) is 21.2 Å². The fourth-order valence-corrected chi connectivity index (χ4v) is 1.85.